The van der Waals surface area contributed by atoms with Crippen LogP contribution in [-0.2, 0) is 16.1 Å². The van der Waals surface area contributed by atoms with E-state index in [4.69, 9.17) is 9.47 Å². The summed E-state index contributed by atoms with van der Waals surface area (Å²) in [5.74, 6) is 1.77. The van der Waals surface area contributed by atoms with E-state index in [9.17, 15) is 4.79 Å². The normalized spacial score (nSPS) is 14.2. The fourth-order valence-corrected chi connectivity index (χ4v) is 3.73. The summed E-state index contributed by atoms with van der Waals surface area (Å²) in [6.45, 7) is 3.06. The Kier molecular flexibility index (Phi) is 7.65. The number of carbonyl (C=O) groups excluding carboxylic acids is 1. The lowest BCUT2D eigenvalue weighted by Gasteiger charge is -2.31. The minimum Gasteiger partial charge on any atom is -0.491 e. The molecule has 1 aromatic heterocycles. The summed E-state index contributed by atoms with van der Waals surface area (Å²) in [5.41, 5.74) is 1.81. The second kappa shape index (κ2) is 11.2. The molecule has 0 radical (unpaired) electrons. The van der Waals surface area contributed by atoms with Crippen molar-refractivity contribution in [3.63, 3.8) is 0 Å². The Morgan fingerprint density at radius 3 is 2.66 bits per heavy atom. The molecule has 1 aliphatic heterocycles. The van der Waals surface area contributed by atoms with E-state index in [-0.39, 0.29) is 11.8 Å². The van der Waals surface area contributed by atoms with Gasteiger partial charge in [-0.25, -0.2) is 4.98 Å². The molecule has 3 aromatic rings. The van der Waals surface area contributed by atoms with Crippen LogP contribution in [0.2, 0.25) is 0 Å². The number of hydrogen-bond donors (Lipinski definition) is 1. The van der Waals surface area contributed by atoms with Crippen molar-refractivity contribution in [2.75, 3.05) is 36.5 Å². The van der Waals surface area contributed by atoms with Crippen LogP contribution < -0.4 is 15.0 Å². The van der Waals surface area contributed by atoms with Crippen LogP contribution in [0.5, 0.6) is 5.75 Å². The molecular weight excluding hydrogens is 404 g/mol. The lowest BCUT2D eigenvalue weighted by Crippen LogP contribution is -2.38. The zero-order chi connectivity index (χ0) is 22.0. The third-order valence-corrected chi connectivity index (χ3v) is 5.44. The summed E-state index contributed by atoms with van der Waals surface area (Å²) in [7, 11) is 0. The Labute approximate surface area is 188 Å². The first-order chi connectivity index (χ1) is 15.8. The Bertz CT molecular complexity index is 977. The number of aromatic nitrogens is 2. The van der Waals surface area contributed by atoms with E-state index in [1.54, 1.807) is 18.6 Å². The van der Waals surface area contributed by atoms with Gasteiger partial charge in [-0.3, -0.25) is 9.78 Å². The van der Waals surface area contributed by atoms with Crippen molar-refractivity contribution in [1.82, 2.24) is 9.97 Å². The minimum atomic E-state index is -0.00189. The summed E-state index contributed by atoms with van der Waals surface area (Å²) in [6, 6.07) is 17.5. The number of nitrogens with one attached hydrogen (secondary N) is 1. The average Bonchev–Trinajstić information content (AvgIpc) is 2.85. The SMILES string of the molecule is O=C(Nc1cccc(COCCOc2ccccc2)c1)C1CCN(c2cnccn2)CC1. The van der Waals surface area contributed by atoms with Gasteiger partial charge in [0, 0.05) is 37.1 Å². The number of piperidine rings is 1. The van der Waals surface area contributed by atoms with E-state index in [0.29, 0.717) is 19.8 Å². The van der Waals surface area contributed by atoms with Gasteiger partial charge in [-0.15, -0.1) is 0 Å². The number of ether oxygens (including phenoxy) is 2. The first-order valence-corrected chi connectivity index (χ1v) is 10.9. The first kappa shape index (κ1) is 21.8. The van der Waals surface area contributed by atoms with Gasteiger partial charge in [0.25, 0.3) is 0 Å². The van der Waals surface area contributed by atoms with Crippen LogP contribution in [0.3, 0.4) is 0 Å². The molecule has 7 heteroatoms. The van der Waals surface area contributed by atoms with Crippen LogP contribution in [0.25, 0.3) is 0 Å². The van der Waals surface area contributed by atoms with Crippen molar-refractivity contribution < 1.29 is 14.3 Å². The number of rotatable bonds is 9. The van der Waals surface area contributed by atoms with Crippen molar-refractivity contribution in [2.24, 2.45) is 5.92 Å². The molecule has 1 N–H and O–H groups in total. The van der Waals surface area contributed by atoms with E-state index >= 15 is 0 Å². The van der Waals surface area contributed by atoms with Gasteiger partial charge >= 0.3 is 0 Å². The molecule has 0 bridgehead atoms. The maximum absolute atomic E-state index is 12.8. The third-order valence-electron chi connectivity index (χ3n) is 5.44. The molecule has 2 heterocycles. The second-order valence-corrected chi connectivity index (χ2v) is 7.73. The number of para-hydroxylation sites is 1. The quantitative estimate of drug-likeness (QED) is 0.517. The lowest BCUT2D eigenvalue weighted by atomic mass is 9.96. The van der Waals surface area contributed by atoms with Crippen LogP contribution in [0.1, 0.15) is 18.4 Å². The van der Waals surface area contributed by atoms with Crippen molar-refractivity contribution in [3.05, 3.63) is 78.8 Å². The molecule has 1 aliphatic rings. The predicted molar refractivity (Wildman–Crippen MR) is 124 cm³/mol. The lowest BCUT2D eigenvalue weighted by molar-refractivity contribution is -0.120. The molecule has 1 saturated heterocycles. The van der Waals surface area contributed by atoms with Crippen LogP contribution in [-0.4, -0.2) is 42.2 Å². The Hall–Kier alpha value is -3.45. The first-order valence-electron chi connectivity index (χ1n) is 10.9. The molecule has 0 unspecified atom stereocenters. The van der Waals surface area contributed by atoms with Crippen molar-refractivity contribution in [1.29, 1.82) is 0 Å². The number of amides is 1. The highest BCUT2D eigenvalue weighted by atomic mass is 16.5. The Balaban J connectivity index is 1.19. The smallest absolute Gasteiger partial charge is 0.227 e. The van der Waals surface area contributed by atoms with Crippen molar-refractivity contribution >= 4 is 17.4 Å². The van der Waals surface area contributed by atoms with Gasteiger partial charge < -0.3 is 19.7 Å². The van der Waals surface area contributed by atoms with Gasteiger partial charge in [-0.1, -0.05) is 30.3 Å². The molecule has 32 heavy (non-hydrogen) atoms. The summed E-state index contributed by atoms with van der Waals surface area (Å²) < 4.78 is 11.3. The number of anilines is 2. The zero-order valence-electron chi connectivity index (χ0n) is 18.0. The highest BCUT2D eigenvalue weighted by Gasteiger charge is 2.25. The van der Waals surface area contributed by atoms with E-state index in [2.05, 4.69) is 20.2 Å². The zero-order valence-corrected chi connectivity index (χ0v) is 18.0. The number of benzene rings is 2. The van der Waals surface area contributed by atoms with Crippen LogP contribution >= 0.6 is 0 Å². The maximum Gasteiger partial charge on any atom is 0.227 e. The topological polar surface area (TPSA) is 76.6 Å². The van der Waals surface area contributed by atoms with Crippen molar-refractivity contribution in [2.45, 2.75) is 19.4 Å². The highest BCUT2D eigenvalue weighted by molar-refractivity contribution is 5.92. The fraction of sp³-hybridized carbons (Fsp3) is 0.320. The van der Waals surface area contributed by atoms with Gasteiger partial charge in [-0.2, -0.15) is 0 Å². The highest BCUT2D eigenvalue weighted by Crippen LogP contribution is 2.23. The van der Waals surface area contributed by atoms with Crippen LogP contribution in [0.4, 0.5) is 11.5 Å². The van der Waals surface area contributed by atoms with Crippen LogP contribution in [0.15, 0.2) is 73.2 Å². The van der Waals surface area contributed by atoms with E-state index in [0.717, 1.165) is 48.7 Å². The maximum atomic E-state index is 12.8. The summed E-state index contributed by atoms with van der Waals surface area (Å²) in [4.78, 5) is 23.4. The molecule has 1 amide bonds. The van der Waals surface area contributed by atoms with Gasteiger partial charge in [0.1, 0.15) is 18.2 Å². The van der Waals surface area contributed by atoms with Crippen molar-refractivity contribution in [3.8, 4) is 5.75 Å². The molecule has 166 valence electrons. The van der Waals surface area contributed by atoms with Gasteiger partial charge in [0.05, 0.1) is 19.4 Å². The fourth-order valence-electron chi connectivity index (χ4n) is 3.73. The van der Waals surface area contributed by atoms with E-state index < -0.39 is 0 Å². The Morgan fingerprint density at radius 2 is 1.88 bits per heavy atom. The molecule has 0 spiro atoms. The molecule has 2 aromatic carbocycles. The van der Waals surface area contributed by atoms with Crippen LogP contribution in [0, 0.1) is 5.92 Å². The van der Waals surface area contributed by atoms with Gasteiger partial charge in [0.2, 0.25) is 5.91 Å². The predicted octanol–water partition coefficient (Wildman–Crippen LogP) is 3.93. The molecule has 0 saturated carbocycles. The average molecular weight is 433 g/mol. The number of carbonyl (C=O) groups is 1. The number of hydrogen-bond acceptors (Lipinski definition) is 6. The molecule has 0 atom stereocenters. The molecule has 7 nitrogen and oxygen atoms in total. The second-order valence-electron chi connectivity index (χ2n) is 7.73. The minimum absolute atomic E-state index is 0.00189. The monoisotopic (exact) mass is 432 g/mol. The van der Waals surface area contributed by atoms with Gasteiger partial charge in [0.15, 0.2) is 0 Å². The number of nitrogens with zero attached hydrogens (tertiary/aromatic N) is 3. The molecule has 0 aliphatic carbocycles. The summed E-state index contributed by atoms with van der Waals surface area (Å²) >= 11 is 0. The van der Waals surface area contributed by atoms with E-state index in [1.165, 1.54) is 0 Å². The van der Waals surface area contributed by atoms with E-state index in [1.807, 2.05) is 54.6 Å². The molecule has 4 rings (SSSR count). The third kappa shape index (κ3) is 6.28. The Morgan fingerprint density at radius 1 is 1.03 bits per heavy atom. The standard InChI is InChI=1S/C25H28N4O3/c30-25(21-9-13-29(14-10-21)24-18-26-11-12-27-24)28-22-6-4-5-20(17-22)19-31-15-16-32-23-7-2-1-3-8-23/h1-8,11-12,17-18,21H,9-10,13-16,19H2,(H,28,30). The summed E-state index contributed by atoms with van der Waals surface area (Å²) in [6.07, 6.45) is 6.73. The molecular formula is C25H28N4O3. The summed E-state index contributed by atoms with van der Waals surface area (Å²) in [5, 5.41) is 3.06. The largest absolute Gasteiger partial charge is 0.491 e. The van der Waals surface area contributed by atoms with Gasteiger partial charge in [-0.05, 0) is 42.7 Å². The molecule has 1 fully saturated rings.